The first-order valence-corrected chi connectivity index (χ1v) is 12.0. The summed E-state index contributed by atoms with van der Waals surface area (Å²) in [5, 5.41) is 15.0. The zero-order valence-corrected chi connectivity index (χ0v) is 18.9. The van der Waals surface area contributed by atoms with Crippen LogP contribution in [-0.4, -0.2) is 74.6 Å². The average molecular weight is 463 g/mol. The van der Waals surface area contributed by atoms with E-state index in [2.05, 4.69) is 4.90 Å². The van der Waals surface area contributed by atoms with E-state index in [0.717, 1.165) is 55.8 Å². The zero-order valence-electron chi connectivity index (χ0n) is 18.9. The first-order valence-electron chi connectivity index (χ1n) is 12.0. The fraction of sp³-hybridized carbons (Fsp3) is 0.696. The molecule has 2 aromatic rings. The Bertz CT molecular complexity index is 1030. The predicted molar refractivity (Wildman–Crippen MR) is 119 cm³/mol. The Morgan fingerprint density at radius 1 is 1.18 bits per heavy atom. The number of anilines is 1. The molecule has 1 aliphatic carbocycles. The van der Waals surface area contributed by atoms with Gasteiger partial charge in [0.1, 0.15) is 12.0 Å². The number of carbonyl (C=O) groups excluding carboxylic acids is 1. The van der Waals surface area contributed by atoms with Crippen LogP contribution in [0.4, 0.5) is 14.6 Å². The minimum absolute atomic E-state index is 0.0480. The number of amides is 1. The van der Waals surface area contributed by atoms with Crippen LogP contribution < -0.4 is 10.6 Å². The molecule has 1 amide bonds. The first-order chi connectivity index (χ1) is 15.8. The Balaban J connectivity index is 1.42. The normalized spacial score (nSPS) is 33.1. The van der Waals surface area contributed by atoms with Gasteiger partial charge in [0.25, 0.3) is 0 Å². The van der Waals surface area contributed by atoms with Gasteiger partial charge in [-0.2, -0.15) is 5.10 Å². The summed E-state index contributed by atoms with van der Waals surface area (Å²) < 4.78 is 29.5. The van der Waals surface area contributed by atoms with Crippen molar-refractivity contribution in [3.05, 3.63) is 23.5 Å². The van der Waals surface area contributed by atoms with E-state index in [1.54, 1.807) is 9.42 Å². The van der Waals surface area contributed by atoms with Gasteiger partial charge in [-0.1, -0.05) is 0 Å². The molecular weight excluding hydrogens is 430 g/mol. The third-order valence-corrected chi connectivity index (χ3v) is 7.43. The topological polar surface area (TPSA) is 100.0 Å². The van der Waals surface area contributed by atoms with Crippen LogP contribution in [0.2, 0.25) is 0 Å². The van der Waals surface area contributed by atoms with Crippen molar-refractivity contribution < 1.29 is 18.7 Å². The van der Waals surface area contributed by atoms with Crippen LogP contribution in [0.1, 0.15) is 55.8 Å². The Kier molecular flexibility index (Phi) is 5.98. The number of alkyl halides is 2. The Morgan fingerprint density at radius 3 is 2.76 bits per heavy atom. The SMILES string of the molecule is Cc1cn2nc([C@@H]3CCCCN3C(=O)C3CCC(F)C(F)C3O)cc2nc1N1CC[C@H](N)C1. The first kappa shape index (κ1) is 22.5. The lowest BCUT2D eigenvalue weighted by Gasteiger charge is -2.40. The monoisotopic (exact) mass is 462 g/mol. The van der Waals surface area contributed by atoms with Crippen molar-refractivity contribution >= 4 is 17.4 Å². The third-order valence-electron chi connectivity index (χ3n) is 7.43. The molecule has 33 heavy (non-hydrogen) atoms. The summed E-state index contributed by atoms with van der Waals surface area (Å²) in [6.45, 7) is 4.16. The molecule has 6 atom stereocenters. The second-order valence-electron chi connectivity index (χ2n) is 9.79. The van der Waals surface area contributed by atoms with E-state index >= 15 is 0 Å². The summed E-state index contributed by atoms with van der Waals surface area (Å²) in [6, 6.07) is 1.78. The molecule has 2 saturated heterocycles. The Labute approximate surface area is 191 Å². The van der Waals surface area contributed by atoms with Crippen LogP contribution in [0.15, 0.2) is 12.3 Å². The predicted octanol–water partition coefficient (Wildman–Crippen LogP) is 2.08. The smallest absolute Gasteiger partial charge is 0.228 e. The number of fused-ring (bicyclic) bond motifs is 1. The maximum Gasteiger partial charge on any atom is 0.228 e. The molecule has 4 heterocycles. The number of hydrogen-bond donors (Lipinski definition) is 2. The summed E-state index contributed by atoms with van der Waals surface area (Å²) >= 11 is 0. The van der Waals surface area contributed by atoms with Gasteiger partial charge in [-0.25, -0.2) is 18.3 Å². The maximum atomic E-state index is 14.1. The quantitative estimate of drug-likeness (QED) is 0.725. The second-order valence-corrected chi connectivity index (χ2v) is 9.79. The van der Waals surface area contributed by atoms with Crippen LogP contribution in [0, 0.1) is 12.8 Å². The van der Waals surface area contributed by atoms with Crippen LogP contribution in [0.3, 0.4) is 0 Å². The van der Waals surface area contributed by atoms with Crippen molar-refractivity contribution in [1.29, 1.82) is 0 Å². The van der Waals surface area contributed by atoms with Crippen molar-refractivity contribution in [1.82, 2.24) is 19.5 Å². The number of aliphatic hydroxyl groups is 1. The second kappa shape index (κ2) is 8.79. The molecule has 3 N–H and O–H groups in total. The van der Waals surface area contributed by atoms with Crippen molar-refractivity contribution in [2.45, 2.75) is 76.0 Å². The number of nitrogens with zero attached hydrogens (tertiary/aromatic N) is 5. The van der Waals surface area contributed by atoms with E-state index in [-0.39, 0.29) is 30.8 Å². The van der Waals surface area contributed by atoms with Gasteiger partial charge in [-0.15, -0.1) is 0 Å². The number of piperidine rings is 1. The zero-order chi connectivity index (χ0) is 23.3. The number of aliphatic hydroxyl groups excluding tert-OH is 1. The molecule has 180 valence electrons. The largest absolute Gasteiger partial charge is 0.389 e. The number of likely N-dealkylation sites (tertiary alicyclic amines) is 1. The molecule has 3 fully saturated rings. The number of carbonyl (C=O) groups is 1. The Morgan fingerprint density at radius 2 is 2.00 bits per heavy atom. The molecule has 2 aliphatic heterocycles. The summed E-state index contributed by atoms with van der Waals surface area (Å²) in [4.78, 5) is 22.1. The van der Waals surface area contributed by atoms with Gasteiger partial charge < -0.3 is 20.6 Å². The lowest BCUT2D eigenvalue weighted by atomic mass is 9.82. The molecule has 0 spiro atoms. The van der Waals surface area contributed by atoms with Gasteiger partial charge in [-0.3, -0.25) is 4.79 Å². The number of halogens is 2. The number of hydrogen-bond acceptors (Lipinski definition) is 6. The van der Waals surface area contributed by atoms with Gasteiger partial charge in [0, 0.05) is 43.5 Å². The number of aromatic nitrogens is 3. The molecule has 0 radical (unpaired) electrons. The van der Waals surface area contributed by atoms with Crippen molar-refractivity contribution in [2.75, 3.05) is 24.5 Å². The molecule has 0 aromatic carbocycles. The van der Waals surface area contributed by atoms with Crippen molar-refractivity contribution in [3.63, 3.8) is 0 Å². The van der Waals surface area contributed by atoms with Gasteiger partial charge in [0.05, 0.1) is 23.8 Å². The molecular formula is C23H32F2N6O2. The van der Waals surface area contributed by atoms with Crippen LogP contribution in [0.25, 0.3) is 5.65 Å². The highest BCUT2D eigenvalue weighted by Crippen LogP contribution is 2.36. The summed E-state index contributed by atoms with van der Waals surface area (Å²) in [7, 11) is 0. The molecule has 1 saturated carbocycles. The van der Waals surface area contributed by atoms with Crippen LogP contribution in [-0.2, 0) is 4.79 Å². The lowest BCUT2D eigenvalue weighted by molar-refractivity contribution is -0.150. The van der Waals surface area contributed by atoms with E-state index in [1.165, 1.54) is 0 Å². The fourth-order valence-electron chi connectivity index (χ4n) is 5.57. The van der Waals surface area contributed by atoms with E-state index in [0.29, 0.717) is 12.2 Å². The number of rotatable bonds is 3. The Hall–Kier alpha value is -2.33. The van der Waals surface area contributed by atoms with Crippen LogP contribution in [0.5, 0.6) is 0 Å². The number of nitrogens with two attached hydrogens (primary N) is 1. The standard InChI is InChI=1S/C23H32F2N6O2/c1-13-11-31-19(27-22(13)29-9-7-14(26)12-29)10-17(28-31)18-4-2-3-8-30(18)23(33)15-5-6-16(24)20(25)21(15)32/h10-11,14-16,18,20-21,32H,2-9,12,26H2,1H3/t14-,15?,16?,18-,20?,21?/m0/s1. The average Bonchev–Trinajstić information content (AvgIpc) is 3.42. The van der Waals surface area contributed by atoms with Gasteiger partial charge in [-0.05, 0) is 45.4 Å². The minimum Gasteiger partial charge on any atom is -0.389 e. The molecule has 3 aliphatic rings. The highest BCUT2D eigenvalue weighted by Gasteiger charge is 2.45. The highest BCUT2D eigenvalue weighted by atomic mass is 19.2. The molecule has 10 heteroatoms. The maximum absolute atomic E-state index is 14.1. The van der Waals surface area contributed by atoms with Crippen molar-refractivity contribution in [3.8, 4) is 0 Å². The molecule has 5 rings (SSSR count). The summed E-state index contributed by atoms with van der Waals surface area (Å²) in [5.74, 6) is -0.329. The molecule has 4 unspecified atom stereocenters. The van der Waals surface area contributed by atoms with Gasteiger partial charge in [0.2, 0.25) is 5.91 Å². The molecule has 2 aromatic heterocycles. The van der Waals surface area contributed by atoms with E-state index in [4.69, 9.17) is 15.8 Å². The highest BCUT2D eigenvalue weighted by molar-refractivity contribution is 5.80. The fourth-order valence-corrected chi connectivity index (χ4v) is 5.57. The summed E-state index contributed by atoms with van der Waals surface area (Å²) in [6.07, 6.45) is 0.150. The van der Waals surface area contributed by atoms with E-state index in [1.807, 2.05) is 19.2 Å². The third kappa shape index (κ3) is 4.07. The van der Waals surface area contributed by atoms with E-state index in [9.17, 15) is 18.7 Å². The molecule has 0 bridgehead atoms. The van der Waals surface area contributed by atoms with Crippen LogP contribution >= 0.6 is 0 Å². The molecule has 8 nitrogen and oxygen atoms in total. The van der Waals surface area contributed by atoms with E-state index < -0.39 is 24.4 Å². The number of aryl methyl sites for hydroxylation is 1. The summed E-state index contributed by atoms with van der Waals surface area (Å²) in [5.41, 5.74) is 8.51. The van der Waals surface area contributed by atoms with Gasteiger partial charge in [0.15, 0.2) is 11.8 Å². The van der Waals surface area contributed by atoms with Crippen molar-refractivity contribution in [2.24, 2.45) is 11.7 Å². The lowest BCUT2D eigenvalue weighted by Crippen LogP contribution is -2.51. The van der Waals surface area contributed by atoms with Gasteiger partial charge >= 0.3 is 0 Å². The minimum atomic E-state index is -2.02.